The van der Waals surface area contributed by atoms with Gasteiger partial charge in [-0.25, -0.2) is 4.79 Å². The number of aliphatic hydroxyl groups excluding tert-OH is 9. The van der Waals surface area contributed by atoms with E-state index in [1.807, 2.05) is 51.2 Å². The third-order valence-corrected chi connectivity index (χ3v) is 16.0. The highest BCUT2D eigenvalue weighted by atomic mass is 33.1. The van der Waals surface area contributed by atoms with Crippen LogP contribution in [0.15, 0.2) is 85.1 Å². The van der Waals surface area contributed by atoms with Crippen molar-refractivity contribution in [3.8, 4) is 0 Å². The molecule has 3 aliphatic heterocycles. The number of fused-ring (bicyclic) bond motifs is 2. The van der Waals surface area contributed by atoms with Crippen molar-refractivity contribution in [3.63, 3.8) is 0 Å². The molecule has 0 radical (unpaired) electrons. The molecular weight excluding hydrogens is 1060 g/mol. The number of ketones is 1. The number of aliphatic hydroxyl groups is 10. The summed E-state index contributed by atoms with van der Waals surface area (Å²) in [7, 11) is 2.77. The highest BCUT2D eigenvalue weighted by molar-refractivity contribution is 8.76. The van der Waals surface area contributed by atoms with Gasteiger partial charge in [0.2, 0.25) is 0 Å². The van der Waals surface area contributed by atoms with Gasteiger partial charge in [0.1, 0.15) is 37.1 Å². The van der Waals surface area contributed by atoms with E-state index in [2.05, 4.69) is 5.32 Å². The average Bonchev–Trinajstić information content (AvgIpc) is 3.40. The fourth-order valence-electron chi connectivity index (χ4n) is 9.19. The molecule has 1 amide bonds. The zero-order chi connectivity index (χ0) is 58.0. The number of nitrogens with one attached hydrogen (secondary N) is 1. The highest BCUT2D eigenvalue weighted by Crippen LogP contribution is 2.38. The van der Waals surface area contributed by atoms with E-state index in [0.29, 0.717) is 11.5 Å². The average molecular weight is 1140 g/mol. The number of rotatable bonds is 11. The monoisotopic (exact) mass is 1140 g/mol. The van der Waals surface area contributed by atoms with Gasteiger partial charge in [0.15, 0.2) is 12.1 Å². The van der Waals surface area contributed by atoms with E-state index in [0.717, 1.165) is 0 Å². The van der Waals surface area contributed by atoms with Gasteiger partial charge >= 0.3 is 18.0 Å². The highest BCUT2D eigenvalue weighted by Gasteiger charge is 2.51. The Labute approximate surface area is 465 Å². The molecular formula is C55H85NO20S2. The molecule has 442 valence electrons. The molecule has 6 unspecified atom stereocenters. The molecule has 0 spiro atoms. The van der Waals surface area contributed by atoms with E-state index < -0.39 is 141 Å². The van der Waals surface area contributed by atoms with Gasteiger partial charge in [-0.2, -0.15) is 0 Å². The summed E-state index contributed by atoms with van der Waals surface area (Å²) >= 11 is 0. The van der Waals surface area contributed by atoms with Crippen molar-refractivity contribution < 1.29 is 99.0 Å². The van der Waals surface area contributed by atoms with Crippen LogP contribution in [0.4, 0.5) is 4.79 Å². The maximum atomic E-state index is 12.9. The first-order chi connectivity index (χ1) is 36.9. The maximum absolute atomic E-state index is 12.9. The second-order valence-electron chi connectivity index (χ2n) is 20.3. The first-order valence-electron chi connectivity index (χ1n) is 26.5. The Morgan fingerprint density at radius 3 is 1.83 bits per heavy atom. The quantitative estimate of drug-likeness (QED) is 0.0803. The van der Waals surface area contributed by atoms with E-state index in [1.54, 1.807) is 48.6 Å². The summed E-state index contributed by atoms with van der Waals surface area (Å²) in [6, 6.07) is -1.39. The lowest BCUT2D eigenvalue weighted by atomic mass is 9.81. The van der Waals surface area contributed by atoms with Gasteiger partial charge in [-0.1, -0.05) is 127 Å². The summed E-state index contributed by atoms with van der Waals surface area (Å²) in [5.74, 6) is -5.99. The number of carboxylic acid groups (broad SMARTS) is 1. The summed E-state index contributed by atoms with van der Waals surface area (Å²) in [4.78, 5) is 49.4. The summed E-state index contributed by atoms with van der Waals surface area (Å²) in [6.45, 7) is 8.54. The Balaban J connectivity index is 1.87. The predicted octanol–water partition coefficient (Wildman–Crippen LogP) is 3.09. The second-order valence-corrected chi connectivity index (χ2v) is 23.0. The molecule has 2 fully saturated rings. The van der Waals surface area contributed by atoms with Gasteiger partial charge in [0.05, 0.1) is 67.1 Å². The molecule has 12 N–H and O–H groups in total. The minimum absolute atomic E-state index is 0.0421. The lowest BCUT2D eigenvalue weighted by Gasteiger charge is -2.45. The van der Waals surface area contributed by atoms with Crippen molar-refractivity contribution in [3.05, 3.63) is 85.1 Å². The van der Waals surface area contributed by atoms with Crippen LogP contribution in [-0.2, 0) is 38.1 Å². The van der Waals surface area contributed by atoms with E-state index in [1.165, 1.54) is 41.5 Å². The Bertz CT molecular complexity index is 2040. The number of allylic oxidation sites excluding steroid dienone is 12. The summed E-state index contributed by atoms with van der Waals surface area (Å²) in [5, 5.41) is 123. The number of Topliss-reactive ketones (excluding diaryl/α,β-unsaturated/α-hetero) is 1. The molecule has 0 aromatic carbocycles. The number of hydrogen-bond donors (Lipinski definition) is 12. The van der Waals surface area contributed by atoms with Crippen molar-refractivity contribution >= 4 is 45.4 Å². The summed E-state index contributed by atoms with van der Waals surface area (Å²) < 4.78 is 28.2. The molecule has 23 heteroatoms. The largest absolute Gasteiger partial charge is 0.481 e. The van der Waals surface area contributed by atoms with E-state index >= 15 is 0 Å². The van der Waals surface area contributed by atoms with Crippen LogP contribution < -0.4 is 5.32 Å². The van der Waals surface area contributed by atoms with Gasteiger partial charge in [0.25, 0.3) is 0 Å². The Kier molecular flexibility index (Phi) is 31.5. The molecule has 2 bridgehead atoms. The molecule has 3 rings (SSSR count). The Hall–Kier alpha value is -3.76. The number of amides is 1. The molecule has 21 nitrogen and oxygen atoms in total. The number of hydrogen-bond acceptors (Lipinski definition) is 21. The van der Waals surface area contributed by atoms with Gasteiger partial charge in [-0.05, 0) is 38.0 Å². The van der Waals surface area contributed by atoms with Crippen molar-refractivity contribution in [1.82, 2.24) is 5.32 Å². The molecule has 0 aromatic heterocycles. The van der Waals surface area contributed by atoms with Crippen LogP contribution in [0.5, 0.6) is 0 Å². The SMILES string of the molecule is CC(=O)OCCSSCCOC(=O)NC1C(O)C(C)OC(O[C@H]2/C=C/C=C/C=C/C=C/C=C/C=C/C=C/[C@H](C)[C@@H](O)[C@@H](C)[C@H](C)CC(=O)C[C@H](O)C[C@H](O)CC[C@@H](O)[C@H](O)C[C@H](O)C[C@]3(O)CC(O)[C@@H](C(=O)O)[C@H](C2)O3)C1O. The predicted molar refractivity (Wildman–Crippen MR) is 292 cm³/mol. The first-order valence-corrected chi connectivity index (χ1v) is 29.0. The molecule has 3 heterocycles. The van der Waals surface area contributed by atoms with Crippen molar-refractivity contribution in [2.45, 2.75) is 184 Å². The van der Waals surface area contributed by atoms with Crippen molar-refractivity contribution in [1.29, 1.82) is 0 Å². The number of ether oxygens (including phenoxy) is 5. The third kappa shape index (κ3) is 25.4. The van der Waals surface area contributed by atoms with Crippen LogP contribution in [0, 0.1) is 23.7 Å². The Morgan fingerprint density at radius 2 is 1.24 bits per heavy atom. The molecule has 19 atom stereocenters. The maximum Gasteiger partial charge on any atom is 0.407 e. The van der Waals surface area contributed by atoms with Gasteiger partial charge < -0.3 is 85.2 Å². The molecule has 0 saturated carbocycles. The topological polar surface area (TPSA) is 349 Å². The zero-order valence-corrected chi connectivity index (χ0v) is 46.7. The second kappa shape index (κ2) is 35.9. The van der Waals surface area contributed by atoms with Crippen LogP contribution >= 0.6 is 21.6 Å². The minimum Gasteiger partial charge on any atom is -0.481 e. The number of carbonyl (C=O) groups is 4. The number of alkyl carbamates (subject to hydrolysis) is 1. The number of carbonyl (C=O) groups excluding carboxylic acids is 3. The molecule has 0 aliphatic carbocycles. The molecule has 3 aliphatic rings. The van der Waals surface area contributed by atoms with Crippen LogP contribution in [0.25, 0.3) is 0 Å². The Morgan fingerprint density at radius 1 is 0.667 bits per heavy atom. The van der Waals surface area contributed by atoms with E-state index in [-0.39, 0.29) is 68.9 Å². The number of carboxylic acids is 1. The van der Waals surface area contributed by atoms with Gasteiger partial charge in [-0.3, -0.25) is 14.4 Å². The normalized spacial score (nSPS) is 39.8. The standard InChI is InChI=1S/C55H85NO20S2/c1-33-18-16-14-12-10-8-6-7-9-11-13-15-17-19-42(75-53-51(67)48(50(66)36(4)74-53)56-54(70)73-23-25-78-77-24-22-72-37(5)57)30-46-47(52(68)69)45(64)32-55(71,76-46)31-41(61)29-44(63)43(62)21-20-38(58)27-40(60)28-39(59)26-34(2)35(3)49(33)65/h6-19,33-36,38,40-51,53,58,60-67,71H,20-32H2,1-5H3,(H,56,70)(H,68,69)/b7-6+,10-8+,11-9+,14-12+,15-13+,18-16+,19-17+/t33-,34+,35-,36?,38+,40+,41-,42-,43+,44+,45?,46-,47+,48?,49+,50?,51?,53?,55+/m0/s1. The lowest BCUT2D eigenvalue weighted by molar-refractivity contribution is -0.309. The van der Waals surface area contributed by atoms with Crippen molar-refractivity contribution in [2.24, 2.45) is 23.7 Å². The third-order valence-electron chi connectivity index (χ3n) is 13.7. The molecule has 2 saturated heterocycles. The fourth-order valence-corrected chi connectivity index (χ4v) is 10.8. The van der Waals surface area contributed by atoms with Crippen LogP contribution in [-0.4, -0.2) is 196 Å². The summed E-state index contributed by atoms with van der Waals surface area (Å²) in [5.41, 5.74) is 0. The van der Waals surface area contributed by atoms with Crippen LogP contribution in [0.1, 0.15) is 92.4 Å². The summed E-state index contributed by atoms with van der Waals surface area (Å²) in [6.07, 6.45) is 2.28. The van der Waals surface area contributed by atoms with E-state index in [9.17, 15) is 75.3 Å². The number of esters is 1. The number of aliphatic carboxylic acids is 1. The van der Waals surface area contributed by atoms with Gasteiger partial charge in [0, 0.05) is 62.9 Å². The van der Waals surface area contributed by atoms with Crippen LogP contribution in [0.3, 0.4) is 0 Å². The fraction of sp³-hybridized carbons (Fsp3) is 0.673. The van der Waals surface area contributed by atoms with Gasteiger partial charge in [-0.15, -0.1) is 0 Å². The lowest BCUT2D eigenvalue weighted by Crippen LogP contribution is -2.64. The van der Waals surface area contributed by atoms with E-state index in [4.69, 9.17) is 23.7 Å². The smallest absolute Gasteiger partial charge is 0.407 e. The molecule has 78 heavy (non-hydrogen) atoms. The van der Waals surface area contributed by atoms with Crippen molar-refractivity contribution in [2.75, 3.05) is 24.7 Å². The van der Waals surface area contributed by atoms with Crippen LogP contribution in [0.2, 0.25) is 0 Å². The minimum atomic E-state index is -2.39. The zero-order valence-electron chi connectivity index (χ0n) is 45.1. The molecule has 0 aromatic rings. The first kappa shape index (κ1) is 68.5.